The number of hydrogen-bond acceptors (Lipinski definition) is 5. The van der Waals surface area contributed by atoms with E-state index in [-0.39, 0.29) is 6.04 Å². The lowest BCUT2D eigenvalue weighted by atomic mass is 10.1. The Kier molecular flexibility index (Phi) is 5.40. The molecule has 2 heterocycles. The predicted molar refractivity (Wildman–Crippen MR) is 101 cm³/mol. The number of nitrogens with zero attached hydrogens (tertiary/aromatic N) is 3. The third-order valence-corrected chi connectivity index (χ3v) is 5.05. The fourth-order valence-corrected chi connectivity index (χ4v) is 3.73. The first-order chi connectivity index (χ1) is 11.6. The van der Waals surface area contributed by atoms with Gasteiger partial charge in [-0.2, -0.15) is 0 Å². The molecule has 3 N–H and O–H groups in total. The summed E-state index contributed by atoms with van der Waals surface area (Å²) < 4.78 is 1.67. The van der Waals surface area contributed by atoms with Crippen LogP contribution in [0.1, 0.15) is 5.56 Å². The van der Waals surface area contributed by atoms with Gasteiger partial charge in [-0.05, 0) is 30.2 Å². The Morgan fingerprint density at radius 2 is 2.04 bits per heavy atom. The van der Waals surface area contributed by atoms with E-state index in [1.54, 1.807) is 16.0 Å². The number of benzene rings is 1. The van der Waals surface area contributed by atoms with E-state index in [4.69, 9.17) is 28.9 Å². The fourth-order valence-electron chi connectivity index (χ4n) is 2.47. The summed E-state index contributed by atoms with van der Waals surface area (Å²) in [5.74, 6) is 0. The number of thiophene rings is 1. The van der Waals surface area contributed by atoms with Gasteiger partial charge >= 0.3 is 0 Å². The summed E-state index contributed by atoms with van der Waals surface area (Å²) in [4.78, 5) is 0. The van der Waals surface area contributed by atoms with E-state index >= 15 is 0 Å². The maximum Gasteiger partial charge on any atom is 0.179 e. The van der Waals surface area contributed by atoms with Crippen molar-refractivity contribution in [1.29, 1.82) is 0 Å². The third kappa shape index (κ3) is 3.89. The molecule has 24 heavy (non-hydrogen) atoms. The molecule has 2 aromatic heterocycles. The second kappa shape index (κ2) is 7.53. The van der Waals surface area contributed by atoms with Crippen LogP contribution >= 0.6 is 34.5 Å². The van der Waals surface area contributed by atoms with Crippen molar-refractivity contribution in [2.24, 2.45) is 12.8 Å². The first kappa shape index (κ1) is 17.2. The molecule has 0 fully saturated rings. The number of nitrogens with one attached hydrogen (secondary N) is 1. The van der Waals surface area contributed by atoms with Crippen LogP contribution in [-0.2, 0) is 13.5 Å². The van der Waals surface area contributed by atoms with Gasteiger partial charge in [0.25, 0.3) is 0 Å². The highest BCUT2D eigenvalue weighted by atomic mass is 35.5. The zero-order chi connectivity index (χ0) is 17.1. The van der Waals surface area contributed by atoms with Gasteiger partial charge in [-0.3, -0.25) is 0 Å². The molecule has 5 nitrogen and oxygen atoms in total. The molecule has 0 aliphatic heterocycles. The molecule has 0 saturated heterocycles. The first-order valence-electron chi connectivity index (χ1n) is 7.42. The number of aryl methyl sites for hydroxylation is 1. The van der Waals surface area contributed by atoms with Gasteiger partial charge in [0.2, 0.25) is 0 Å². The summed E-state index contributed by atoms with van der Waals surface area (Å²) in [7, 11) is 1.82. The smallest absolute Gasteiger partial charge is 0.179 e. The molecule has 8 heteroatoms. The van der Waals surface area contributed by atoms with Crippen LogP contribution in [0.3, 0.4) is 0 Å². The topological polar surface area (TPSA) is 68.8 Å². The molecular weight excluding hydrogens is 365 g/mol. The minimum atomic E-state index is 0.137. The highest BCUT2D eigenvalue weighted by molar-refractivity contribution is 7.14. The molecule has 0 spiro atoms. The molecule has 1 atom stereocenters. The lowest BCUT2D eigenvalue weighted by Gasteiger charge is -2.17. The third-order valence-electron chi connectivity index (χ3n) is 3.68. The van der Waals surface area contributed by atoms with Crippen LogP contribution in [0, 0.1) is 0 Å². The zero-order valence-corrected chi connectivity index (χ0v) is 15.4. The van der Waals surface area contributed by atoms with Gasteiger partial charge in [0.15, 0.2) is 5.15 Å². The van der Waals surface area contributed by atoms with Crippen molar-refractivity contribution in [1.82, 2.24) is 15.0 Å². The summed E-state index contributed by atoms with van der Waals surface area (Å²) in [6.07, 6.45) is 0.828. The van der Waals surface area contributed by atoms with Crippen molar-refractivity contribution in [3.63, 3.8) is 0 Å². The molecule has 3 rings (SSSR count). The summed E-state index contributed by atoms with van der Waals surface area (Å²) in [6.45, 7) is 0.532. The molecule has 0 bridgehead atoms. The Morgan fingerprint density at radius 1 is 1.29 bits per heavy atom. The Morgan fingerprint density at radius 3 is 2.67 bits per heavy atom. The van der Waals surface area contributed by atoms with Crippen molar-refractivity contribution in [3.05, 3.63) is 51.5 Å². The van der Waals surface area contributed by atoms with Gasteiger partial charge in [0, 0.05) is 35.6 Å². The predicted octanol–water partition coefficient (Wildman–Crippen LogP) is 3.83. The first-order valence-corrected chi connectivity index (χ1v) is 9.05. The van der Waals surface area contributed by atoms with Crippen LogP contribution in [0.4, 0.5) is 5.00 Å². The summed E-state index contributed by atoms with van der Waals surface area (Å²) >= 11 is 13.6. The lowest BCUT2D eigenvalue weighted by Crippen LogP contribution is -2.30. The highest BCUT2D eigenvalue weighted by Gasteiger charge is 2.14. The van der Waals surface area contributed by atoms with Crippen molar-refractivity contribution in [2.75, 3.05) is 11.9 Å². The van der Waals surface area contributed by atoms with Crippen molar-refractivity contribution in [3.8, 4) is 11.3 Å². The number of nitrogens with two attached hydrogens (primary N) is 1. The fraction of sp³-hybridized carbons (Fsp3) is 0.250. The monoisotopic (exact) mass is 381 g/mol. The van der Waals surface area contributed by atoms with Crippen LogP contribution in [0.15, 0.2) is 35.7 Å². The van der Waals surface area contributed by atoms with Gasteiger partial charge in [0.1, 0.15) is 5.69 Å². The van der Waals surface area contributed by atoms with E-state index in [2.05, 4.69) is 15.6 Å². The summed E-state index contributed by atoms with van der Waals surface area (Å²) in [5.41, 5.74) is 8.91. The lowest BCUT2D eigenvalue weighted by molar-refractivity contribution is 0.720. The van der Waals surface area contributed by atoms with E-state index in [0.29, 0.717) is 11.7 Å². The van der Waals surface area contributed by atoms with Crippen LogP contribution < -0.4 is 11.1 Å². The summed E-state index contributed by atoms with van der Waals surface area (Å²) in [6, 6.07) is 10.0. The van der Waals surface area contributed by atoms with Crippen molar-refractivity contribution < 1.29 is 0 Å². The highest BCUT2D eigenvalue weighted by Crippen LogP contribution is 2.32. The number of aromatic nitrogens is 3. The Hall–Kier alpha value is -1.60. The molecule has 0 unspecified atom stereocenters. The molecule has 3 aromatic rings. The van der Waals surface area contributed by atoms with Crippen molar-refractivity contribution >= 4 is 39.5 Å². The minimum absolute atomic E-state index is 0.137. The molecule has 0 saturated carbocycles. The largest absolute Gasteiger partial charge is 0.373 e. The van der Waals surface area contributed by atoms with Crippen LogP contribution in [0.2, 0.25) is 10.2 Å². The number of halogens is 2. The average Bonchev–Trinajstić information content (AvgIpc) is 3.15. The second-order valence-electron chi connectivity index (χ2n) is 5.46. The van der Waals surface area contributed by atoms with Gasteiger partial charge in [0.05, 0.1) is 5.00 Å². The molecule has 0 aliphatic carbocycles. The second-order valence-corrected chi connectivity index (χ2v) is 7.17. The zero-order valence-electron chi connectivity index (χ0n) is 13.0. The maximum absolute atomic E-state index is 6.10. The standard InChI is InChI=1S/C16H17Cl2N5S/c1-23-15(16(18)21-22-23)11-7-14(24-9-11)20-13(8-19)6-10-2-4-12(17)5-3-10/h2-5,7,9,13,20H,6,8,19H2,1H3/t13-/m0/s1. The average molecular weight is 382 g/mol. The van der Waals surface area contributed by atoms with Crippen LogP contribution in [0.25, 0.3) is 11.3 Å². The van der Waals surface area contributed by atoms with E-state index in [1.165, 1.54) is 5.56 Å². The quantitative estimate of drug-likeness (QED) is 0.680. The van der Waals surface area contributed by atoms with Crippen molar-refractivity contribution in [2.45, 2.75) is 12.5 Å². The van der Waals surface area contributed by atoms with Gasteiger partial charge in [-0.1, -0.05) is 40.5 Å². The maximum atomic E-state index is 6.10. The van der Waals surface area contributed by atoms with E-state index in [0.717, 1.165) is 27.7 Å². The Labute approximate surface area is 154 Å². The summed E-state index contributed by atoms with van der Waals surface area (Å²) in [5, 5.41) is 15.5. The van der Waals surface area contributed by atoms with Gasteiger partial charge in [-0.25, -0.2) is 4.68 Å². The number of rotatable bonds is 6. The van der Waals surface area contributed by atoms with Crippen LogP contribution in [0.5, 0.6) is 0 Å². The SMILES string of the molecule is Cn1nnc(Cl)c1-c1csc(N[C@H](CN)Cc2ccc(Cl)cc2)c1. The number of anilines is 1. The van der Waals surface area contributed by atoms with Gasteiger partial charge in [-0.15, -0.1) is 16.4 Å². The van der Waals surface area contributed by atoms with E-state index < -0.39 is 0 Å². The molecular formula is C16H17Cl2N5S. The Bertz CT molecular complexity index is 793. The minimum Gasteiger partial charge on any atom is -0.373 e. The van der Waals surface area contributed by atoms with Gasteiger partial charge < -0.3 is 11.1 Å². The number of hydrogen-bond donors (Lipinski definition) is 2. The normalized spacial score (nSPS) is 12.3. The van der Waals surface area contributed by atoms with E-state index in [9.17, 15) is 0 Å². The molecule has 0 aliphatic rings. The Balaban J connectivity index is 1.71. The molecule has 0 amide bonds. The molecule has 126 valence electrons. The molecule has 0 radical (unpaired) electrons. The van der Waals surface area contributed by atoms with E-state index in [1.807, 2.05) is 42.8 Å². The molecule has 1 aromatic carbocycles. The van der Waals surface area contributed by atoms with Crippen LogP contribution in [-0.4, -0.2) is 27.6 Å².